The lowest BCUT2D eigenvalue weighted by atomic mass is 10.2. The molecule has 2 N–H and O–H groups in total. The highest BCUT2D eigenvalue weighted by Gasteiger charge is 2.28. The van der Waals surface area contributed by atoms with Crippen molar-refractivity contribution in [3.8, 4) is 0 Å². The summed E-state index contributed by atoms with van der Waals surface area (Å²) in [5.41, 5.74) is 0.731. The van der Waals surface area contributed by atoms with E-state index in [-0.39, 0.29) is 5.69 Å². The number of aromatic carboxylic acids is 1. The summed E-state index contributed by atoms with van der Waals surface area (Å²) in [4.78, 5) is 9.99. The molecule has 0 unspecified atom stereocenters. The third-order valence-electron chi connectivity index (χ3n) is 2.76. The molecule has 8 heteroatoms. The molecule has 3 aromatic rings. The number of halogens is 3. The molecule has 0 spiro atoms. The SMILES string of the molecule is FC(F)(F)Cn1ccc2ccccc21.O=C(O)c1ccn[nH]1. The maximum absolute atomic E-state index is 12.1. The number of fused-ring (bicyclic) bond motifs is 1. The molecule has 0 aliphatic carbocycles. The molecule has 0 saturated heterocycles. The number of aromatic amines is 1. The molecule has 22 heavy (non-hydrogen) atoms. The molecule has 0 aliphatic rings. The highest BCUT2D eigenvalue weighted by atomic mass is 19.4. The van der Waals surface area contributed by atoms with Crippen LogP contribution in [0.4, 0.5) is 13.2 Å². The van der Waals surface area contributed by atoms with Crippen LogP contribution in [0.2, 0.25) is 0 Å². The minimum Gasteiger partial charge on any atom is -0.477 e. The predicted molar refractivity (Wildman–Crippen MR) is 73.5 cm³/mol. The van der Waals surface area contributed by atoms with Gasteiger partial charge in [-0.1, -0.05) is 18.2 Å². The van der Waals surface area contributed by atoms with Crippen molar-refractivity contribution in [1.29, 1.82) is 0 Å². The Bertz CT molecular complexity index is 748. The van der Waals surface area contributed by atoms with Crippen molar-refractivity contribution in [2.24, 2.45) is 0 Å². The fourth-order valence-corrected chi connectivity index (χ4v) is 1.85. The summed E-state index contributed by atoms with van der Waals surface area (Å²) in [6, 6.07) is 10.1. The van der Waals surface area contributed by atoms with Gasteiger partial charge < -0.3 is 9.67 Å². The van der Waals surface area contributed by atoms with Crippen molar-refractivity contribution >= 4 is 16.9 Å². The van der Waals surface area contributed by atoms with Crippen molar-refractivity contribution in [1.82, 2.24) is 14.8 Å². The van der Waals surface area contributed by atoms with Crippen LogP contribution in [-0.2, 0) is 6.54 Å². The van der Waals surface area contributed by atoms with Gasteiger partial charge in [0.25, 0.3) is 0 Å². The van der Waals surface area contributed by atoms with Crippen molar-refractivity contribution in [3.63, 3.8) is 0 Å². The number of nitrogens with one attached hydrogen (secondary N) is 1. The summed E-state index contributed by atoms with van der Waals surface area (Å²) in [5.74, 6) is -0.984. The maximum Gasteiger partial charge on any atom is 0.406 e. The Hall–Kier alpha value is -2.77. The van der Waals surface area contributed by atoms with Crippen LogP contribution in [-0.4, -0.2) is 32.0 Å². The van der Waals surface area contributed by atoms with Crippen molar-refractivity contribution < 1.29 is 23.1 Å². The van der Waals surface area contributed by atoms with Gasteiger partial charge in [-0.2, -0.15) is 18.3 Å². The third-order valence-corrected chi connectivity index (χ3v) is 2.76. The van der Waals surface area contributed by atoms with E-state index >= 15 is 0 Å². The third kappa shape index (κ3) is 4.11. The molecule has 0 radical (unpaired) electrons. The Morgan fingerprint density at radius 1 is 1.23 bits per heavy atom. The van der Waals surface area contributed by atoms with Crippen LogP contribution in [0.15, 0.2) is 48.8 Å². The average Bonchev–Trinajstić information content (AvgIpc) is 3.08. The second-order valence-corrected chi connectivity index (χ2v) is 4.39. The number of carboxylic acid groups (broad SMARTS) is 1. The van der Waals surface area contributed by atoms with E-state index in [1.165, 1.54) is 23.0 Å². The van der Waals surface area contributed by atoms with Gasteiger partial charge in [0.2, 0.25) is 0 Å². The molecule has 3 rings (SSSR count). The van der Waals surface area contributed by atoms with E-state index in [1.807, 2.05) is 0 Å². The summed E-state index contributed by atoms with van der Waals surface area (Å²) in [7, 11) is 0. The van der Waals surface area contributed by atoms with E-state index in [0.717, 1.165) is 5.39 Å². The Kier molecular flexibility index (Phi) is 4.50. The number of hydrogen-bond acceptors (Lipinski definition) is 2. The van der Waals surface area contributed by atoms with E-state index in [0.29, 0.717) is 5.52 Å². The zero-order chi connectivity index (χ0) is 16.2. The van der Waals surface area contributed by atoms with Crippen LogP contribution in [0.5, 0.6) is 0 Å². The van der Waals surface area contributed by atoms with Crippen LogP contribution >= 0.6 is 0 Å². The average molecular weight is 311 g/mol. The van der Waals surface area contributed by atoms with Crippen LogP contribution in [0.3, 0.4) is 0 Å². The Morgan fingerprint density at radius 2 is 1.95 bits per heavy atom. The number of para-hydroxylation sites is 1. The van der Waals surface area contributed by atoms with E-state index in [2.05, 4.69) is 10.2 Å². The minimum atomic E-state index is -4.16. The summed E-state index contributed by atoms with van der Waals surface area (Å²) in [5, 5.41) is 14.8. The van der Waals surface area contributed by atoms with E-state index in [1.54, 1.807) is 30.3 Å². The molecule has 0 bridgehead atoms. The van der Waals surface area contributed by atoms with Gasteiger partial charge in [0.05, 0.1) is 0 Å². The fourth-order valence-electron chi connectivity index (χ4n) is 1.85. The number of alkyl halides is 3. The Morgan fingerprint density at radius 3 is 2.50 bits per heavy atom. The number of nitrogens with zero attached hydrogens (tertiary/aromatic N) is 2. The number of carboxylic acids is 1. The van der Waals surface area contributed by atoms with Gasteiger partial charge in [0.1, 0.15) is 12.2 Å². The van der Waals surface area contributed by atoms with Crippen molar-refractivity contribution in [3.05, 3.63) is 54.5 Å². The number of benzene rings is 1. The Balaban J connectivity index is 0.000000188. The summed E-state index contributed by atoms with van der Waals surface area (Å²) in [6.45, 7) is -0.930. The topological polar surface area (TPSA) is 70.9 Å². The summed E-state index contributed by atoms with van der Waals surface area (Å²) >= 11 is 0. The molecule has 2 aromatic heterocycles. The van der Waals surface area contributed by atoms with Crippen LogP contribution in [0, 0.1) is 0 Å². The smallest absolute Gasteiger partial charge is 0.406 e. The summed E-state index contributed by atoms with van der Waals surface area (Å²) < 4.78 is 37.6. The van der Waals surface area contributed by atoms with Crippen LogP contribution in [0.1, 0.15) is 10.5 Å². The van der Waals surface area contributed by atoms with Gasteiger partial charge >= 0.3 is 12.1 Å². The highest BCUT2D eigenvalue weighted by Crippen LogP contribution is 2.22. The van der Waals surface area contributed by atoms with Gasteiger partial charge in [-0.05, 0) is 23.6 Å². The normalized spacial score (nSPS) is 11.0. The van der Waals surface area contributed by atoms with Crippen molar-refractivity contribution in [2.45, 2.75) is 12.7 Å². The number of rotatable bonds is 2. The van der Waals surface area contributed by atoms with Crippen molar-refractivity contribution in [2.75, 3.05) is 0 Å². The molecule has 1 aromatic carbocycles. The summed E-state index contributed by atoms with van der Waals surface area (Å²) in [6.07, 6.45) is -1.32. The number of carbonyl (C=O) groups is 1. The zero-order valence-electron chi connectivity index (χ0n) is 11.2. The molecule has 5 nitrogen and oxygen atoms in total. The van der Waals surface area contributed by atoms with E-state index < -0.39 is 18.7 Å². The van der Waals surface area contributed by atoms with Crippen LogP contribution < -0.4 is 0 Å². The second kappa shape index (κ2) is 6.33. The Labute approximate surface area is 123 Å². The lowest BCUT2D eigenvalue weighted by Crippen LogP contribution is -2.16. The molecule has 116 valence electrons. The zero-order valence-corrected chi connectivity index (χ0v) is 11.2. The van der Waals surface area contributed by atoms with Gasteiger partial charge in [-0.3, -0.25) is 5.10 Å². The van der Waals surface area contributed by atoms with E-state index in [4.69, 9.17) is 5.11 Å². The first-order chi connectivity index (χ1) is 10.4. The minimum absolute atomic E-state index is 0.116. The number of aromatic nitrogens is 3. The fraction of sp³-hybridized carbons (Fsp3) is 0.143. The molecule has 0 aliphatic heterocycles. The largest absolute Gasteiger partial charge is 0.477 e. The molecular formula is C14H12F3N3O2. The second-order valence-electron chi connectivity index (χ2n) is 4.39. The van der Waals surface area contributed by atoms with Gasteiger partial charge in [-0.25, -0.2) is 4.79 Å². The van der Waals surface area contributed by atoms with E-state index in [9.17, 15) is 18.0 Å². The predicted octanol–water partition coefficient (Wildman–Crippen LogP) is 3.31. The first-order valence-corrected chi connectivity index (χ1v) is 6.20. The monoisotopic (exact) mass is 311 g/mol. The first kappa shape index (κ1) is 15.6. The molecule has 0 saturated carbocycles. The molecule has 0 atom stereocenters. The maximum atomic E-state index is 12.1. The quantitative estimate of drug-likeness (QED) is 0.762. The molecule has 0 amide bonds. The molecular weight excluding hydrogens is 299 g/mol. The van der Waals surface area contributed by atoms with Gasteiger partial charge in [0.15, 0.2) is 0 Å². The van der Waals surface area contributed by atoms with Crippen LogP contribution in [0.25, 0.3) is 10.9 Å². The molecule has 2 heterocycles. The highest BCUT2D eigenvalue weighted by molar-refractivity contribution is 5.84. The molecule has 0 fully saturated rings. The number of hydrogen-bond donors (Lipinski definition) is 2. The standard InChI is InChI=1S/C10H8F3N.C4H4N2O2/c11-10(12,13)7-14-6-5-8-3-1-2-4-9(8)14;7-4(8)3-1-2-5-6-3/h1-6H,7H2;1-2H,(H,5,6)(H,7,8). The first-order valence-electron chi connectivity index (χ1n) is 6.20. The number of H-pyrrole nitrogens is 1. The van der Waals surface area contributed by atoms with Gasteiger partial charge in [0, 0.05) is 17.9 Å². The van der Waals surface area contributed by atoms with Gasteiger partial charge in [-0.15, -0.1) is 0 Å². The lowest BCUT2D eigenvalue weighted by molar-refractivity contribution is -0.139. The lowest BCUT2D eigenvalue weighted by Gasteiger charge is -2.08.